The molecule has 0 saturated carbocycles. The molecular formula is C11H12N2O. The first-order valence-electron chi connectivity index (χ1n) is 4.52. The van der Waals surface area contributed by atoms with Crippen LogP contribution in [0.4, 0.5) is 0 Å². The van der Waals surface area contributed by atoms with Crippen LogP contribution in [0.5, 0.6) is 0 Å². The molecule has 2 aromatic rings. The Morgan fingerprint density at radius 2 is 1.86 bits per heavy atom. The molecule has 2 rings (SSSR count). The van der Waals surface area contributed by atoms with Crippen LogP contribution < -0.4 is 5.56 Å². The summed E-state index contributed by atoms with van der Waals surface area (Å²) in [5, 5.41) is 5.39. The van der Waals surface area contributed by atoms with Crippen molar-refractivity contribution in [1.82, 2.24) is 10.2 Å². The third-order valence-corrected chi connectivity index (χ3v) is 2.28. The molecule has 0 amide bonds. The molecule has 1 aromatic heterocycles. The number of aromatic nitrogens is 2. The number of hydrogen-bond donors (Lipinski definition) is 2. The van der Waals surface area contributed by atoms with Gasteiger partial charge in [-0.15, -0.1) is 0 Å². The lowest BCUT2D eigenvalue weighted by Gasteiger charge is -2.03. The highest BCUT2D eigenvalue weighted by Crippen LogP contribution is 2.20. The summed E-state index contributed by atoms with van der Waals surface area (Å²) in [5.41, 5.74) is 4.17. The van der Waals surface area contributed by atoms with Crippen molar-refractivity contribution in [2.24, 2.45) is 0 Å². The van der Waals surface area contributed by atoms with Gasteiger partial charge in [0, 0.05) is 11.6 Å². The van der Waals surface area contributed by atoms with Crippen LogP contribution in [0.2, 0.25) is 0 Å². The lowest BCUT2D eigenvalue weighted by molar-refractivity contribution is 1.06. The van der Waals surface area contributed by atoms with E-state index < -0.39 is 0 Å². The summed E-state index contributed by atoms with van der Waals surface area (Å²) in [5.74, 6) is 0. The Hall–Kier alpha value is -1.77. The standard InChI is InChI=1S/C11H12N2O/c1-7-3-4-8(2)9(5-7)10-6-11(14)13-12-10/h3-6H,1-2H3,(H2,12,13,14). The Morgan fingerprint density at radius 3 is 2.50 bits per heavy atom. The van der Waals surface area contributed by atoms with Gasteiger partial charge >= 0.3 is 0 Å². The molecule has 0 fully saturated rings. The minimum Gasteiger partial charge on any atom is -0.298 e. The maximum absolute atomic E-state index is 11.0. The fourth-order valence-electron chi connectivity index (χ4n) is 1.50. The minimum atomic E-state index is -0.0964. The summed E-state index contributed by atoms with van der Waals surface area (Å²) in [6, 6.07) is 7.75. The van der Waals surface area contributed by atoms with Gasteiger partial charge in [0.1, 0.15) is 0 Å². The van der Waals surface area contributed by atoms with Crippen LogP contribution in [-0.2, 0) is 0 Å². The van der Waals surface area contributed by atoms with Gasteiger partial charge in [-0.25, -0.2) is 0 Å². The van der Waals surface area contributed by atoms with E-state index in [0.29, 0.717) is 0 Å². The lowest BCUT2D eigenvalue weighted by atomic mass is 10.0. The molecule has 2 N–H and O–H groups in total. The van der Waals surface area contributed by atoms with Crippen LogP contribution in [0, 0.1) is 13.8 Å². The zero-order valence-electron chi connectivity index (χ0n) is 8.22. The van der Waals surface area contributed by atoms with Crippen LogP contribution in [0.1, 0.15) is 11.1 Å². The molecule has 3 heteroatoms. The van der Waals surface area contributed by atoms with E-state index in [1.807, 2.05) is 13.8 Å². The first-order valence-corrected chi connectivity index (χ1v) is 4.52. The second kappa shape index (κ2) is 3.18. The van der Waals surface area contributed by atoms with Gasteiger partial charge in [0.25, 0.3) is 5.56 Å². The average molecular weight is 188 g/mol. The van der Waals surface area contributed by atoms with Crippen LogP contribution >= 0.6 is 0 Å². The minimum absolute atomic E-state index is 0.0964. The van der Waals surface area contributed by atoms with Crippen molar-refractivity contribution >= 4 is 0 Å². The van der Waals surface area contributed by atoms with E-state index in [1.165, 1.54) is 5.56 Å². The van der Waals surface area contributed by atoms with Crippen molar-refractivity contribution in [2.75, 3.05) is 0 Å². The van der Waals surface area contributed by atoms with Crippen molar-refractivity contribution in [2.45, 2.75) is 13.8 Å². The van der Waals surface area contributed by atoms with Crippen LogP contribution in [-0.4, -0.2) is 10.2 Å². The number of nitrogens with one attached hydrogen (secondary N) is 2. The first-order chi connectivity index (χ1) is 6.66. The molecular weight excluding hydrogens is 176 g/mol. The smallest absolute Gasteiger partial charge is 0.264 e. The Kier molecular flexibility index (Phi) is 2.00. The van der Waals surface area contributed by atoms with E-state index in [-0.39, 0.29) is 5.56 Å². The maximum atomic E-state index is 11.0. The predicted octanol–water partition coefficient (Wildman–Crippen LogP) is 1.99. The summed E-state index contributed by atoms with van der Waals surface area (Å²) in [6.45, 7) is 4.06. The number of H-pyrrole nitrogens is 2. The van der Waals surface area contributed by atoms with Gasteiger partial charge in [-0.1, -0.05) is 17.7 Å². The quantitative estimate of drug-likeness (QED) is 0.706. The number of aromatic amines is 2. The van der Waals surface area contributed by atoms with Crippen molar-refractivity contribution < 1.29 is 0 Å². The molecule has 0 atom stereocenters. The molecule has 0 spiro atoms. The number of benzene rings is 1. The third-order valence-electron chi connectivity index (χ3n) is 2.28. The van der Waals surface area contributed by atoms with E-state index in [4.69, 9.17) is 0 Å². The summed E-state index contributed by atoms with van der Waals surface area (Å²) in [4.78, 5) is 11.0. The Balaban J connectivity index is 2.61. The monoisotopic (exact) mass is 188 g/mol. The van der Waals surface area contributed by atoms with Crippen LogP contribution in [0.25, 0.3) is 11.3 Å². The highest BCUT2D eigenvalue weighted by atomic mass is 16.1. The molecule has 0 aliphatic rings. The molecule has 14 heavy (non-hydrogen) atoms. The van der Waals surface area contributed by atoms with Crippen molar-refractivity contribution in [1.29, 1.82) is 0 Å². The summed E-state index contributed by atoms with van der Waals surface area (Å²) >= 11 is 0. The summed E-state index contributed by atoms with van der Waals surface area (Å²) < 4.78 is 0. The van der Waals surface area contributed by atoms with Crippen LogP contribution in [0.3, 0.4) is 0 Å². The topological polar surface area (TPSA) is 48.6 Å². The van der Waals surface area contributed by atoms with E-state index in [9.17, 15) is 4.79 Å². The van der Waals surface area contributed by atoms with Gasteiger partial charge in [0.2, 0.25) is 0 Å². The van der Waals surface area contributed by atoms with Crippen molar-refractivity contribution in [3.63, 3.8) is 0 Å². The van der Waals surface area contributed by atoms with Gasteiger partial charge in [-0.3, -0.25) is 15.0 Å². The van der Waals surface area contributed by atoms with Gasteiger partial charge in [0.05, 0.1) is 5.69 Å². The number of aryl methyl sites for hydroxylation is 2. The second-order valence-electron chi connectivity index (χ2n) is 3.49. The van der Waals surface area contributed by atoms with Gasteiger partial charge in [0.15, 0.2) is 0 Å². The molecule has 1 heterocycles. The molecule has 72 valence electrons. The van der Waals surface area contributed by atoms with Crippen molar-refractivity contribution in [3.8, 4) is 11.3 Å². The molecule has 0 unspecified atom stereocenters. The maximum Gasteiger partial charge on any atom is 0.264 e. The molecule has 1 aromatic carbocycles. The SMILES string of the molecule is Cc1ccc(C)c(-c2cc(=O)[nH][nH]2)c1. The summed E-state index contributed by atoms with van der Waals surface area (Å²) in [7, 11) is 0. The average Bonchev–Trinajstić information content (AvgIpc) is 2.56. The first kappa shape index (κ1) is 8.81. The molecule has 0 aliphatic heterocycles. The molecule has 3 nitrogen and oxygen atoms in total. The Bertz CT molecular complexity index is 508. The molecule has 0 saturated heterocycles. The van der Waals surface area contributed by atoms with Gasteiger partial charge < -0.3 is 0 Å². The van der Waals surface area contributed by atoms with Crippen LogP contribution in [0.15, 0.2) is 29.1 Å². The fraction of sp³-hybridized carbons (Fsp3) is 0.182. The fourth-order valence-corrected chi connectivity index (χ4v) is 1.50. The predicted molar refractivity (Wildman–Crippen MR) is 56.3 cm³/mol. The highest BCUT2D eigenvalue weighted by Gasteiger charge is 2.03. The third kappa shape index (κ3) is 1.48. The highest BCUT2D eigenvalue weighted by molar-refractivity contribution is 5.63. The largest absolute Gasteiger partial charge is 0.298 e. The molecule has 0 radical (unpaired) electrons. The van der Waals surface area contributed by atoms with Gasteiger partial charge in [-0.05, 0) is 25.5 Å². The Labute approximate surface area is 81.8 Å². The zero-order chi connectivity index (χ0) is 10.1. The molecule has 0 aliphatic carbocycles. The Morgan fingerprint density at radius 1 is 1.07 bits per heavy atom. The van der Waals surface area contributed by atoms with E-state index in [1.54, 1.807) is 6.07 Å². The van der Waals surface area contributed by atoms with E-state index in [2.05, 4.69) is 28.4 Å². The lowest BCUT2D eigenvalue weighted by Crippen LogP contribution is -1.93. The van der Waals surface area contributed by atoms with E-state index >= 15 is 0 Å². The van der Waals surface area contributed by atoms with Gasteiger partial charge in [-0.2, -0.15) is 0 Å². The summed E-state index contributed by atoms with van der Waals surface area (Å²) in [6.07, 6.45) is 0. The second-order valence-corrected chi connectivity index (χ2v) is 3.49. The normalized spacial score (nSPS) is 10.4. The zero-order valence-corrected chi connectivity index (χ0v) is 8.22. The van der Waals surface area contributed by atoms with E-state index in [0.717, 1.165) is 16.8 Å². The molecule has 0 bridgehead atoms. The number of hydrogen-bond acceptors (Lipinski definition) is 1. The number of rotatable bonds is 1. The van der Waals surface area contributed by atoms with Crippen molar-refractivity contribution in [3.05, 3.63) is 45.7 Å².